The molecule has 0 fully saturated rings. The number of benzene rings is 2. The molecule has 1 unspecified atom stereocenters. The van der Waals surface area contributed by atoms with Crippen LogP contribution in [0, 0.1) is 0 Å². The summed E-state index contributed by atoms with van der Waals surface area (Å²) in [7, 11) is 0. The first kappa shape index (κ1) is 20.0. The van der Waals surface area contributed by atoms with E-state index < -0.39 is 17.9 Å². The fourth-order valence-electron chi connectivity index (χ4n) is 2.21. The third-order valence-corrected chi connectivity index (χ3v) is 3.71. The Morgan fingerprint density at radius 3 is 2.33 bits per heavy atom. The molecule has 0 aliphatic heterocycles. The van der Waals surface area contributed by atoms with Gasteiger partial charge in [0.15, 0.2) is 0 Å². The molecule has 0 bridgehead atoms. The van der Waals surface area contributed by atoms with E-state index in [9.17, 15) is 14.4 Å². The van der Waals surface area contributed by atoms with Gasteiger partial charge in [-0.25, -0.2) is 0 Å². The molecule has 0 aromatic heterocycles. The molecule has 3 N–H and O–H groups in total. The monoisotopic (exact) mass is 370 g/mol. The number of amides is 2. The van der Waals surface area contributed by atoms with Crippen LogP contribution in [0.15, 0.2) is 54.6 Å². The number of carboxylic acids is 1. The second-order valence-corrected chi connectivity index (χ2v) is 5.92. The van der Waals surface area contributed by atoms with Crippen molar-refractivity contribution < 1.29 is 24.2 Å². The summed E-state index contributed by atoms with van der Waals surface area (Å²) in [6.45, 7) is 1.83. The van der Waals surface area contributed by atoms with Gasteiger partial charge in [-0.15, -0.1) is 0 Å². The predicted molar refractivity (Wildman–Crippen MR) is 101 cm³/mol. The van der Waals surface area contributed by atoms with E-state index in [0.29, 0.717) is 30.7 Å². The maximum atomic E-state index is 12.0. The smallest absolute Gasteiger partial charge is 0.325 e. The van der Waals surface area contributed by atoms with Crippen molar-refractivity contribution in [1.29, 1.82) is 0 Å². The molecule has 2 aromatic rings. The first-order chi connectivity index (χ1) is 13.0. The maximum Gasteiger partial charge on any atom is 0.325 e. The number of carbonyl (C=O) groups is 3. The van der Waals surface area contributed by atoms with Crippen LogP contribution in [0.2, 0.25) is 0 Å². The topological polar surface area (TPSA) is 105 Å². The van der Waals surface area contributed by atoms with Crippen LogP contribution in [0.3, 0.4) is 0 Å². The molecule has 27 heavy (non-hydrogen) atoms. The van der Waals surface area contributed by atoms with Crippen LogP contribution in [0.4, 0.5) is 5.69 Å². The van der Waals surface area contributed by atoms with E-state index in [0.717, 1.165) is 5.75 Å². The number of anilines is 1. The lowest BCUT2D eigenvalue weighted by atomic mass is 10.1. The van der Waals surface area contributed by atoms with Crippen molar-refractivity contribution in [3.8, 4) is 5.75 Å². The fraction of sp³-hybridized carbons (Fsp3) is 0.250. The Kier molecular flexibility index (Phi) is 7.37. The molecule has 7 nitrogen and oxygen atoms in total. The molecule has 1 atom stereocenters. The molecule has 2 aromatic carbocycles. The maximum absolute atomic E-state index is 12.0. The second kappa shape index (κ2) is 9.96. The van der Waals surface area contributed by atoms with Gasteiger partial charge in [0.25, 0.3) is 5.91 Å². The second-order valence-electron chi connectivity index (χ2n) is 5.92. The summed E-state index contributed by atoms with van der Waals surface area (Å²) in [5.74, 6) is -0.975. The van der Waals surface area contributed by atoms with Gasteiger partial charge in [0.1, 0.15) is 11.8 Å². The standard InChI is InChI=1S/C20H22N2O5/c1-14(20(25)26)21-19(24)15-9-11-16(12-10-15)22-18(23)8-5-13-27-17-6-3-2-4-7-17/h2-4,6-7,9-12,14H,5,8,13H2,1H3,(H,21,24)(H,22,23)(H,25,26). The van der Waals surface area contributed by atoms with Gasteiger partial charge >= 0.3 is 5.97 Å². The van der Waals surface area contributed by atoms with E-state index in [1.807, 2.05) is 30.3 Å². The Bertz CT molecular complexity index is 775. The summed E-state index contributed by atoms with van der Waals surface area (Å²) >= 11 is 0. The predicted octanol–water partition coefficient (Wildman–Crippen LogP) is 2.69. The average Bonchev–Trinajstić information content (AvgIpc) is 2.66. The highest BCUT2D eigenvalue weighted by Gasteiger charge is 2.15. The molecule has 2 amide bonds. The number of carboxylic acid groups (broad SMARTS) is 1. The summed E-state index contributed by atoms with van der Waals surface area (Å²) in [5, 5.41) is 13.9. The van der Waals surface area contributed by atoms with Crippen LogP contribution in [0.1, 0.15) is 30.1 Å². The van der Waals surface area contributed by atoms with Gasteiger partial charge in [0.2, 0.25) is 5.91 Å². The van der Waals surface area contributed by atoms with Crippen molar-refractivity contribution in [2.75, 3.05) is 11.9 Å². The number of carbonyl (C=O) groups excluding carboxylic acids is 2. The van der Waals surface area contributed by atoms with Crippen molar-refractivity contribution in [2.24, 2.45) is 0 Å². The minimum Gasteiger partial charge on any atom is -0.494 e. The van der Waals surface area contributed by atoms with E-state index in [2.05, 4.69) is 10.6 Å². The number of ether oxygens (including phenoxy) is 1. The molecule has 0 saturated heterocycles. The van der Waals surface area contributed by atoms with Crippen LogP contribution >= 0.6 is 0 Å². The highest BCUT2D eigenvalue weighted by atomic mass is 16.5. The molecular weight excluding hydrogens is 348 g/mol. The van der Waals surface area contributed by atoms with E-state index in [1.165, 1.54) is 19.1 Å². The minimum atomic E-state index is -1.11. The van der Waals surface area contributed by atoms with Crippen LogP contribution in [-0.4, -0.2) is 35.5 Å². The van der Waals surface area contributed by atoms with Crippen LogP contribution in [0.5, 0.6) is 5.75 Å². The summed E-state index contributed by atoms with van der Waals surface area (Å²) in [5.41, 5.74) is 0.879. The molecular formula is C20H22N2O5. The quantitative estimate of drug-likeness (QED) is 0.589. The zero-order valence-electron chi connectivity index (χ0n) is 15.0. The average molecular weight is 370 g/mol. The van der Waals surface area contributed by atoms with Gasteiger partial charge < -0.3 is 20.5 Å². The third kappa shape index (κ3) is 6.81. The molecule has 7 heteroatoms. The number of hydrogen-bond donors (Lipinski definition) is 3. The van der Waals surface area contributed by atoms with E-state index >= 15 is 0 Å². The minimum absolute atomic E-state index is 0.150. The molecule has 0 aliphatic rings. The highest BCUT2D eigenvalue weighted by molar-refractivity contribution is 5.97. The van der Waals surface area contributed by atoms with Gasteiger partial charge in [-0.2, -0.15) is 0 Å². The Labute approximate surface area is 157 Å². The Morgan fingerprint density at radius 1 is 1.04 bits per heavy atom. The third-order valence-electron chi connectivity index (χ3n) is 3.71. The SMILES string of the molecule is CC(NC(=O)c1ccc(NC(=O)CCCOc2ccccc2)cc1)C(=O)O. The first-order valence-electron chi connectivity index (χ1n) is 8.57. The van der Waals surface area contributed by atoms with Crippen LogP contribution in [0.25, 0.3) is 0 Å². The van der Waals surface area contributed by atoms with Crippen LogP contribution < -0.4 is 15.4 Å². The number of hydrogen-bond acceptors (Lipinski definition) is 4. The van der Waals surface area contributed by atoms with Gasteiger partial charge in [-0.05, 0) is 49.7 Å². The number of nitrogens with one attached hydrogen (secondary N) is 2. The number of aliphatic carboxylic acids is 1. The lowest BCUT2D eigenvalue weighted by Gasteiger charge is -2.10. The number of rotatable bonds is 9. The first-order valence-corrected chi connectivity index (χ1v) is 8.57. The molecule has 0 radical (unpaired) electrons. The molecule has 0 saturated carbocycles. The zero-order chi connectivity index (χ0) is 19.6. The van der Waals surface area contributed by atoms with Crippen molar-refractivity contribution in [1.82, 2.24) is 5.32 Å². The van der Waals surface area contributed by atoms with Gasteiger partial charge in [0, 0.05) is 17.7 Å². The Morgan fingerprint density at radius 2 is 1.70 bits per heavy atom. The summed E-state index contributed by atoms with van der Waals surface area (Å²) in [4.78, 5) is 34.6. The van der Waals surface area contributed by atoms with E-state index in [-0.39, 0.29) is 5.91 Å². The molecule has 2 rings (SSSR count). The highest BCUT2D eigenvalue weighted by Crippen LogP contribution is 2.12. The Balaban J connectivity index is 1.74. The van der Waals surface area contributed by atoms with Gasteiger partial charge in [-0.3, -0.25) is 14.4 Å². The van der Waals surface area contributed by atoms with Crippen molar-refractivity contribution >= 4 is 23.5 Å². The summed E-state index contributed by atoms with van der Waals surface area (Å²) in [6.07, 6.45) is 0.888. The largest absolute Gasteiger partial charge is 0.494 e. The van der Waals surface area contributed by atoms with Gasteiger partial charge in [0.05, 0.1) is 6.61 Å². The molecule has 142 valence electrons. The normalized spacial score (nSPS) is 11.3. The fourth-order valence-corrected chi connectivity index (χ4v) is 2.21. The summed E-state index contributed by atoms with van der Waals surface area (Å²) < 4.78 is 5.53. The summed E-state index contributed by atoms with van der Waals surface area (Å²) in [6, 6.07) is 14.7. The lowest BCUT2D eigenvalue weighted by molar-refractivity contribution is -0.138. The van der Waals surface area contributed by atoms with Crippen LogP contribution in [-0.2, 0) is 9.59 Å². The van der Waals surface area contributed by atoms with Crippen molar-refractivity contribution in [2.45, 2.75) is 25.8 Å². The lowest BCUT2D eigenvalue weighted by Crippen LogP contribution is -2.38. The Hall–Kier alpha value is -3.35. The van der Waals surface area contributed by atoms with Gasteiger partial charge in [-0.1, -0.05) is 18.2 Å². The molecule has 0 heterocycles. The molecule has 0 spiro atoms. The van der Waals surface area contributed by atoms with Crippen molar-refractivity contribution in [3.63, 3.8) is 0 Å². The molecule has 0 aliphatic carbocycles. The number of para-hydroxylation sites is 1. The van der Waals surface area contributed by atoms with E-state index in [1.54, 1.807) is 12.1 Å². The zero-order valence-corrected chi connectivity index (χ0v) is 15.0. The van der Waals surface area contributed by atoms with Crippen molar-refractivity contribution in [3.05, 3.63) is 60.2 Å². The van der Waals surface area contributed by atoms with E-state index in [4.69, 9.17) is 9.84 Å².